The molecule has 22 heavy (non-hydrogen) atoms. The summed E-state index contributed by atoms with van der Waals surface area (Å²) in [7, 11) is 0. The van der Waals surface area contributed by atoms with Crippen LogP contribution in [0.25, 0.3) is 6.08 Å². The average molecular weight is 330 g/mol. The number of benzene rings is 1. The molecule has 0 unspecified atom stereocenters. The number of carbonyl (C=O) groups is 1. The summed E-state index contributed by atoms with van der Waals surface area (Å²) < 4.78 is 0.602. The zero-order chi connectivity index (χ0) is 15.5. The topological polar surface area (TPSA) is 23.6 Å². The monoisotopic (exact) mass is 330 g/mol. The second kappa shape index (κ2) is 6.67. The van der Waals surface area contributed by atoms with E-state index in [-0.39, 0.29) is 5.91 Å². The molecule has 0 atom stereocenters. The number of thioether (sulfide) groups is 1. The van der Waals surface area contributed by atoms with Gasteiger partial charge in [-0.25, -0.2) is 0 Å². The molecule has 2 saturated heterocycles. The van der Waals surface area contributed by atoms with Gasteiger partial charge in [0, 0.05) is 25.3 Å². The van der Waals surface area contributed by atoms with E-state index in [9.17, 15) is 4.79 Å². The molecular weight excluding hydrogens is 312 g/mol. The lowest BCUT2D eigenvalue weighted by Gasteiger charge is -2.17. The Morgan fingerprint density at radius 3 is 2.55 bits per heavy atom. The second-order valence-corrected chi connectivity index (χ2v) is 7.04. The van der Waals surface area contributed by atoms with E-state index in [2.05, 4.69) is 35.7 Å². The van der Waals surface area contributed by atoms with E-state index in [0.717, 1.165) is 18.7 Å². The Balaban J connectivity index is 1.76. The van der Waals surface area contributed by atoms with Gasteiger partial charge in [-0.2, -0.15) is 0 Å². The maximum Gasteiger partial charge on any atom is 0.266 e. The predicted molar refractivity (Wildman–Crippen MR) is 98.0 cm³/mol. The summed E-state index contributed by atoms with van der Waals surface area (Å²) in [6.45, 7) is 6.41. The fourth-order valence-electron chi connectivity index (χ4n) is 2.69. The molecule has 0 bridgehead atoms. The smallest absolute Gasteiger partial charge is 0.266 e. The van der Waals surface area contributed by atoms with Crippen LogP contribution in [-0.4, -0.2) is 34.8 Å². The standard InChI is InChI=1S/C17H18N2OS2/c1-2-9-19-16(20)15(22-17(19)21)12-13-5-7-14(8-6-13)18-10-3-4-11-18/h2,5-8,12H,1,3-4,9-11H2/b15-12+. The summed E-state index contributed by atoms with van der Waals surface area (Å²) in [5.41, 5.74) is 2.29. The van der Waals surface area contributed by atoms with E-state index in [1.807, 2.05) is 6.08 Å². The fraction of sp³-hybridized carbons (Fsp3) is 0.294. The van der Waals surface area contributed by atoms with Crippen LogP contribution < -0.4 is 4.90 Å². The minimum Gasteiger partial charge on any atom is -0.372 e. The van der Waals surface area contributed by atoms with Crippen LogP contribution in [0, 0.1) is 0 Å². The number of hydrogen-bond acceptors (Lipinski definition) is 4. The Kier molecular flexibility index (Phi) is 4.64. The maximum atomic E-state index is 12.3. The molecule has 3 nitrogen and oxygen atoms in total. The summed E-state index contributed by atoms with van der Waals surface area (Å²) in [5.74, 6) is -0.0291. The SMILES string of the molecule is C=CCN1C(=O)/C(=C\c2ccc(N3CCCC3)cc2)SC1=S. The van der Waals surface area contributed by atoms with Crippen molar-refractivity contribution in [2.75, 3.05) is 24.5 Å². The largest absolute Gasteiger partial charge is 0.372 e. The number of thiocarbonyl (C=S) groups is 1. The van der Waals surface area contributed by atoms with Gasteiger partial charge in [0.2, 0.25) is 0 Å². The molecule has 0 spiro atoms. The van der Waals surface area contributed by atoms with Gasteiger partial charge in [-0.1, -0.05) is 42.2 Å². The number of anilines is 1. The van der Waals surface area contributed by atoms with Crippen LogP contribution in [0.5, 0.6) is 0 Å². The second-order valence-electron chi connectivity index (χ2n) is 5.37. The zero-order valence-corrected chi connectivity index (χ0v) is 14.0. The number of amides is 1. The minimum atomic E-state index is -0.0291. The first-order valence-corrected chi connectivity index (χ1v) is 8.63. The van der Waals surface area contributed by atoms with Crippen LogP contribution in [-0.2, 0) is 4.79 Å². The highest BCUT2D eigenvalue weighted by molar-refractivity contribution is 8.26. The third kappa shape index (κ3) is 3.10. The predicted octanol–water partition coefficient (Wildman–Crippen LogP) is 3.67. The van der Waals surface area contributed by atoms with Crippen molar-refractivity contribution < 1.29 is 4.79 Å². The summed E-state index contributed by atoms with van der Waals surface area (Å²) in [6.07, 6.45) is 6.15. The van der Waals surface area contributed by atoms with Gasteiger partial charge >= 0.3 is 0 Å². The third-order valence-electron chi connectivity index (χ3n) is 3.85. The Bertz CT molecular complexity index is 631. The highest BCUT2D eigenvalue weighted by Crippen LogP contribution is 2.32. The van der Waals surface area contributed by atoms with Crippen LogP contribution in [0.1, 0.15) is 18.4 Å². The lowest BCUT2D eigenvalue weighted by molar-refractivity contribution is -0.121. The van der Waals surface area contributed by atoms with Crippen LogP contribution in [0.15, 0.2) is 41.8 Å². The highest BCUT2D eigenvalue weighted by Gasteiger charge is 2.30. The summed E-state index contributed by atoms with van der Waals surface area (Å²) in [4.78, 5) is 16.9. The molecule has 1 amide bonds. The summed E-state index contributed by atoms with van der Waals surface area (Å²) in [6, 6.07) is 8.38. The zero-order valence-electron chi connectivity index (χ0n) is 12.3. The minimum absolute atomic E-state index is 0.0291. The van der Waals surface area contributed by atoms with Crippen molar-refractivity contribution in [2.24, 2.45) is 0 Å². The van der Waals surface area contributed by atoms with Gasteiger partial charge in [0.05, 0.1) is 4.91 Å². The lowest BCUT2D eigenvalue weighted by Crippen LogP contribution is -2.27. The van der Waals surface area contributed by atoms with Gasteiger partial charge < -0.3 is 4.90 Å². The number of nitrogens with zero attached hydrogens (tertiary/aromatic N) is 2. The van der Waals surface area contributed by atoms with Crippen molar-refractivity contribution >= 4 is 46.0 Å². The van der Waals surface area contributed by atoms with E-state index < -0.39 is 0 Å². The van der Waals surface area contributed by atoms with E-state index in [1.165, 1.54) is 30.3 Å². The van der Waals surface area contributed by atoms with Crippen molar-refractivity contribution in [3.8, 4) is 0 Å². The molecule has 114 valence electrons. The first-order valence-electron chi connectivity index (χ1n) is 7.40. The van der Waals surface area contributed by atoms with Crippen LogP contribution >= 0.6 is 24.0 Å². The first-order chi connectivity index (χ1) is 10.7. The molecule has 0 saturated carbocycles. The van der Waals surface area contributed by atoms with Crippen molar-refractivity contribution in [3.05, 3.63) is 47.4 Å². The number of rotatable bonds is 4. The fourth-order valence-corrected chi connectivity index (χ4v) is 3.97. The molecule has 0 radical (unpaired) electrons. The van der Waals surface area contributed by atoms with Gasteiger partial charge in [0.25, 0.3) is 5.91 Å². The van der Waals surface area contributed by atoms with Crippen LogP contribution in [0.2, 0.25) is 0 Å². The van der Waals surface area contributed by atoms with Gasteiger partial charge in [-0.15, -0.1) is 6.58 Å². The third-order valence-corrected chi connectivity index (χ3v) is 5.23. The molecule has 0 aromatic heterocycles. The molecule has 0 N–H and O–H groups in total. The van der Waals surface area contributed by atoms with Gasteiger partial charge in [0.1, 0.15) is 4.32 Å². The Morgan fingerprint density at radius 1 is 1.23 bits per heavy atom. The summed E-state index contributed by atoms with van der Waals surface area (Å²) in [5, 5.41) is 0. The normalized spacial score (nSPS) is 20.3. The molecule has 5 heteroatoms. The van der Waals surface area contributed by atoms with E-state index in [0.29, 0.717) is 15.8 Å². The van der Waals surface area contributed by atoms with Crippen molar-refractivity contribution in [3.63, 3.8) is 0 Å². The average Bonchev–Trinajstić information content (AvgIpc) is 3.13. The number of carbonyl (C=O) groups excluding carboxylic acids is 1. The molecule has 2 aliphatic heterocycles. The van der Waals surface area contributed by atoms with Crippen molar-refractivity contribution in [1.29, 1.82) is 0 Å². The lowest BCUT2D eigenvalue weighted by atomic mass is 10.2. The maximum absolute atomic E-state index is 12.3. The molecule has 1 aromatic carbocycles. The van der Waals surface area contributed by atoms with E-state index >= 15 is 0 Å². The van der Waals surface area contributed by atoms with Gasteiger partial charge in [-0.3, -0.25) is 9.69 Å². The highest BCUT2D eigenvalue weighted by atomic mass is 32.2. The molecule has 2 heterocycles. The first kappa shape index (κ1) is 15.3. The Hall–Kier alpha value is -1.59. The molecule has 0 aliphatic carbocycles. The van der Waals surface area contributed by atoms with Crippen molar-refractivity contribution in [1.82, 2.24) is 4.90 Å². The van der Waals surface area contributed by atoms with Crippen molar-refractivity contribution in [2.45, 2.75) is 12.8 Å². The molecule has 3 rings (SSSR count). The summed E-state index contributed by atoms with van der Waals surface area (Å²) >= 11 is 6.60. The quantitative estimate of drug-likeness (QED) is 0.477. The van der Waals surface area contributed by atoms with E-state index in [4.69, 9.17) is 12.2 Å². The molecule has 1 aromatic rings. The Morgan fingerprint density at radius 2 is 1.91 bits per heavy atom. The molecule has 2 fully saturated rings. The number of hydrogen-bond donors (Lipinski definition) is 0. The molecular formula is C17H18N2OS2. The Labute approximate surface area is 140 Å². The van der Waals surface area contributed by atoms with Crippen LogP contribution in [0.4, 0.5) is 5.69 Å². The molecule has 2 aliphatic rings. The van der Waals surface area contributed by atoms with Crippen LogP contribution in [0.3, 0.4) is 0 Å². The van der Waals surface area contributed by atoms with E-state index in [1.54, 1.807) is 11.0 Å². The van der Waals surface area contributed by atoms with Gasteiger partial charge in [-0.05, 0) is 36.6 Å². The van der Waals surface area contributed by atoms with Gasteiger partial charge in [0.15, 0.2) is 0 Å².